The summed E-state index contributed by atoms with van der Waals surface area (Å²) in [4.78, 5) is 24.5. The molecule has 6 nitrogen and oxygen atoms in total. The van der Waals surface area contributed by atoms with E-state index in [-0.39, 0.29) is 43.0 Å². The van der Waals surface area contributed by atoms with Crippen LogP contribution in [0.5, 0.6) is 0 Å². The molecule has 4 unspecified atom stereocenters. The molecule has 190 valence electrons. The van der Waals surface area contributed by atoms with Gasteiger partial charge in [0.15, 0.2) is 0 Å². The zero-order valence-electron chi connectivity index (χ0n) is 20.6. The third kappa shape index (κ3) is 10.1. The predicted molar refractivity (Wildman–Crippen MR) is 134 cm³/mol. The summed E-state index contributed by atoms with van der Waals surface area (Å²) < 4.78 is 0. The van der Waals surface area contributed by atoms with E-state index < -0.39 is 6.04 Å². The first kappa shape index (κ1) is 28.2. The quantitative estimate of drug-likeness (QED) is 0.217. The van der Waals surface area contributed by atoms with Gasteiger partial charge < -0.3 is 20.6 Å². The van der Waals surface area contributed by atoms with Crippen molar-refractivity contribution in [3.8, 4) is 0 Å². The second-order valence-electron chi connectivity index (χ2n) is 9.76. The van der Waals surface area contributed by atoms with Crippen molar-refractivity contribution in [2.75, 3.05) is 13.2 Å². The number of carbonyl (C=O) groups excluding carboxylic acids is 2. The molecule has 1 aliphatic rings. The SMILES string of the molecule is CC(CC(O)CCc1ccccc1)C1C=CCC(=O)C1CCCCCCC(=O)NC(CO)CO. The Hall–Kier alpha value is -2.02. The van der Waals surface area contributed by atoms with Gasteiger partial charge in [0, 0.05) is 18.8 Å². The van der Waals surface area contributed by atoms with Crippen molar-refractivity contribution in [2.24, 2.45) is 17.8 Å². The fraction of sp³-hybridized carbons (Fsp3) is 0.643. The van der Waals surface area contributed by atoms with Crippen LogP contribution in [0.1, 0.15) is 70.3 Å². The van der Waals surface area contributed by atoms with Gasteiger partial charge in [-0.3, -0.25) is 9.59 Å². The molecule has 0 bridgehead atoms. The maximum atomic E-state index is 12.7. The predicted octanol–water partition coefficient (Wildman–Crippen LogP) is 3.58. The Morgan fingerprint density at radius 3 is 2.50 bits per heavy atom. The maximum absolute atomic E-state index is 12.7. The van der Waals surface area contributed by atoms with E-state index in [1.165, 1.54) is 5.56 Å². The standard InChI is InChI=1S/C28H43NO5/c1-21(18-24(32)17-16-22-10-5-4-6-11-22)25-13-9-14-27(33)26(25)12-7-2-3-8-15-28(34)29-23(19-30)20-31/h4-6,9-11,13,21,23-26,30-32H,2-3,7-8,12,14-20H2,1H3,(H,29,34). The lowest BCUT2D eigenvalue weighted by atomic mass is 9.72. The third-order valence-corrected chi connectivity index (χ3v) is 6.94. The van der Waals surface area contributed by atoms with Crippen LogP contribution < -0.4 is 5.32 Å². The number of hydrogen-bond acceptors (Lipinski definition) is 5. The number of ketones is 1. The molecule has 0 fully saturated rings. The molecular formula is C28H43NO5. The molecule has 1 aromatic carbocycles. The number of rotatable bonds is 16. The molecule has 0 spiro atoms. The van der Waals surface area contributed by atoms with Gasteiger partial charge in [-0.1, -0.05) is 68.7 Å². The monoisotopic (exact) mass is 473 g/mol. The van der Waals surface area contributed by atoms with E-state index >= 15 is 0 Å². The second-order valence-corrected chi connectivity index (χ2v) is 9.76. The van der Waals surface area contributed by atoms with Crippen molar-refractivity contribution in [1.29, 1.82) is 0 Å². The fourth-order valence-corrected chi connectivity index (χ4v) is 4.92. The highest BCUT2D eigenvalue weighted by Gasteiger charge is 2.32. The molecule has 1 aromatic rings. The Bertz CT molecular complexity index is 746. The minimum absolute atomic E-state index is 0.0134. The van der Waals surface area contributed by atoms with Crippen LogP contribution in [0.25, 0.3) is 0 Å². The molecule has 1 aliphatic carbocycles. The minimum atomic E-state index is -0.589. The summed E-state index contributed by atoms with van der Waals surface area (Å²) >= 11 is 0. The average Bonchev–Trinajstić information content (AvgIpc) is 2.84. The van der Waals surface area contributed by atoms with Crippen LogP contribution in [0, 0.1) is 17.8 Å². The van der Waals surface area contributed by atoms with Crippen LogP contribution in [-0.4, -0.2) is 52.4 Å². The van der Waals surface area contributed by atoms with Crippen molar-refractivity contribution < 1.29 is 24.9 Å². The highest BCUT2D eigenvalue weighted by atomic mass is 16.3. The second kappa shape index (κ2) is 15.8. The first-order valence-corrected chi connectivity index (χ1v) is 12.9. The number of nitrogens with one attached hydrogen (secondary N) is 1. The van der Waals surface area contributed by atoms with Gasteiger partial charge in [-0.25, -0.2) is 0 Å². The molecule has 0 radical (unpaired) electrons. The molecule has 0 aromatic heterocycles. The Morgan fingerprint density at radius 2 is 1.79 bits per heavy atom. The first-order chi connectivity index (χ1) is 16.4. The number of benzene rings is 1. The normalized spacial score (nSPS) is 19.9. The average molecular weight is 474 g/mol. The third-order valence-electron chi connectivity index (χ3n) is 6.94. The molecule has 2 rings (SSSR count). The van der Waals surface area contributed by atoms with Gasteiger partial charge >= 0.3 is 0 Å². The summed E-state index contributed by atoms with van der Waals surface area (Å²) in [5.41, 5.74) is 1.24. The van der Waals surface area contributed by atoms with Gasteiger partial charge in [-0.2, -0.15) is 0 Å². The summed E-state index contributed by atoms with van der Waals surface area (Å²) in [7, 11) is 0. The molecule has 0 aliphatic heterocycles. The zero-order chi connectivity index (χ0) is 24.8. The van der Waals surface area contributed by atoms with E-state index in [0.29, 0.717) is 25.0 Å². The number of hydrogen-bond donors (Lipinski definition) is 4. The van der Waals surface area contributed by atoms with Crippen LogP contribution in [0.15, 0.2) is 42.5 Å². The van der Waals surface area contributed by atoms with Crippen molar-refractivity contribution >= 4 is 11.7 Å². The highest BCUT2D eigenvalue weighted by Crippen LogP contribution is 2.35. The number of amides is 1. The molecule has 1 amide bonds. The number of aryl methyl sites for hydroxylation is 1. The van der Waals surface area contributed by atoms with E-state index in [0.717, 1.165) is 44.9 Å². The maximum Gasteiger partial charge on any atom is 0.220 e. The molecule has 34 heavy (non-hydrogen) atoms. The molecule has 0 saturated heterocycles. The minimum Gasteiger partial charge on any atom is -0.394 e. The summed E-state index contributed by atoms with van der Waals surface area (Å²) in [5, 5.41) is 31.3. The molecule has 6 heteroatoms. The highest BCUT2D eigenvalue weighted by molar-refractivity contribution is 5.84. The van der Waals surface area contributed by atoms with Gasteiger partial charge in [0.05, 0.1) is 25.4 Å². The van der Waals surface area contributed by atoms with E-state index in [4.69, 9.17) is 10.2 Å². The number of aliphatic hydroxyl groups is 3. The van der Waals surface area contributed by atoms with Crippen LogP contribution >= 0.6 is 0 Å². The van der Waals surface area contributed by atoms with Gasteiger partial charge in [0.2, 0.25) is 5.91 Å². The molecule has 0 heterocycles. The largest absolute Gasteiger partial charge is 0.394 e. The van der Waals surface area contributed by atoms with Gasteiger partial charge in [0.25, 0.3) is 0 Å². The fourth-order valence-electron chi connectivity index (χ4n) is 4.92. The summed E-state index contributed by atoms with van der Waals surface area (Å²) in [5.74, 6) is 0.578. The van der Waals surface area contributed by atoms with Crippen molar-refractivity contribution in [3.05, 3.63) is 48.0 Å². The van der Waals surface area contributed by atoms with Crippen LogP contribution in [0.2, 0.25) is 0 Å². The van der Waals surface area contributed by atoms with Gasteiger partial charge in [0.1, 0.15) is 5.78 Å². The molecule has 4 atom stereocenters. The summed E-state index contributed by atoms with van der Waals surface area (Å²) in [6, 6.07) is 9.62. The first-order valence-electron chi connectivity index (χ1n) is 12.9. The number of allylic oxidation sites excluding steroid dienone is 2. The van der Waals surface area contributed by atoms with E-state index in [9.17, 15) is 14.7 Å². The lowest BCUT2D eigenvalue weighted by molar-refractivity contribution is -0.124. The van der Waals surface area contributed by atoms with E-state index in [2.05, 4.69) is 30.4 Å². The Balaban J connectivity index is 1.71. The van der Waals surface area contributed by atoms with Crippen LogP contribution in [0.3, 0.4) is 0 Å². The van der Waals surface area contributed by atoms with Crippen molar-refractivity contribution in [2.45, 2.75) is 83.3 Å². The van der Waals surface area contributed by atoms with E-state index in [1.54, 1.807) is 0 Å². The zero-order valence-corrected chi connectivity index (χ0v) is 20.6. The number of carbonyl (C=O) groups is 2. The van der Waals surface area contributed by atoms with E-state index in [1.807, 2.05) is 24.3 Å². The smallest absolute Gasteiger partial charge is 0.220 e. The number of aliphatic hydroxyl groups excluding tert-OH is 3. The molecule has 4 N–H and O–H groups in total. The Kier molecular flexibility index (Phi) is 13.1. The Morgan fingerprint density at radius 1 is 1.09 bits per heavy atom. The molecule has 0 saturated carbocycles. The van der Waals surface area contributed by atoms with Crippen LogP contribution in [-0.2, 0) is 16.0 Å². The van der Waals surface area contributed by atoms with Crippen molar-refractivity contribution in [3.63, 3.8) is 0 Å². The Labute approximate surface area is 204 Å². The molecular weight excluding hydrogens is 430 g/mol. The number of unbranched alkanes of at least 4 members (excludes halogenated alkanes) is 3. The van der Waals surface area contributed by atoms with Gasteiger partial charge in [-0.05, 0) is 49.5 Å². The lowest BCUT2D eigenvalue weighted by Crippen LogP contribution is -2.39. The number of Topliss-reactive ketones (excluding diaryl/α,β-unsaturated/α-hetero) is 1. The van der Waals surface area contributed by atoms with Crippen LogP contribution in [0.4, 0.5) is 0 Å². The lowest BCUT2D eigenvalue weighted by Gasteiger charge is -2.32. The topological polar surface area (TPSA) is 107 Å². The summed E-state index contributed by atoms with van der Waals surface area (Å²) in [6.07, 6.45) is 11.4. The van der Waals surface area contributed by atoms with Crippen molar-refractivity contribution in [1.82, 2.24) is 5.32 Å². The summed E-state index contributed by atoms with van der Waals surface area (Å²) in [6.45, 7) is 1.61. The van der Waals surface area contributed by atoms with Gasteiger partial charge in [-0.15, -0.1) is 0 Å².